The van der Waals surface area contributed by atoms with E-state index in [9.17, 15) is 0 Å². The van der Waals surface area contributed by atoms with Crippen LogP contribution in [-0.4, -0.2) is 5.38 Å². The minimum Gasteiger partial charge on any atom is -0.122 e. The molecule has 1 atom stereocenters. The molecule has 0 heterocycles. The van der Waals surface area contributed by atoms with Crippen molar-refractivity contribution in [2.24, 2.45) is 5.92 Å². The highest BCUT2D eigenvalue weighted by molar-refractivity contribution is 6.21. The van der Waals surface area contributed by atoms with Crippen molar-refractivity contribution < 1.29 is 0 Å². The highest BCUT2D eigenvalue weighted by Gasteiger charge is 2.08. The van der Waals surface area contributed by atoms with Gasteiger partial charge in [0.2, 0.25) is 0 Å². The van der Waals surface area contributed by atoms with Gasteiger partial charge in [-0.1, -0.05) is 24.3 Å². The topological polar surface area (TPSA) is 0 Å². The second-order valence-corrected chi connectivity index (χ2v) is 2.42. The Morgan fingerprint density at radius 1 is 1.38 bits per heavy atom. The van der Waals surface area contributed by atoms with Gasteiger partial charge >= 0.3 is 0 Å². The molecule has 43 valence electrons. The van der Waals surface area contributed by atoms with E-state index in [0.29, 0.717) is 5.92 Å². The van der Waals surface area contributed by atoms with Crippen molar-refractivity contribution in [1.82, 2.24) is 0 Å². The summed E-state index contributed by atoms with van der Waals surface area (Å²) in [7, 11) is 0. The molecule has 0 saturated heterocycles. The predicted octanol–water partition coefficient (Wildman–Crippen LogP) is 2.17. The molecule has 1 unspecified atom stereocenters. The van der Waals surface area contributed by atoms with Crippen LogP contribution in [0.3, 0.4) is 0 Å². The summed E-state index contributed by atoms with van der Waals surface area (Å²) in [5.41, 5.74) is 0. The first-order valence-electron chi connectivity index (χ1n) is 2.63. The summed E-state index contributed by atoms with van der Waals surface area (Å²) in [6, 6.07) is 0. The smallest absolute Gasteiger partial charge is 0.0434 e. The molecule has 1 aliphatic carbocycles. The van der Waals surface area contributed by atoms with Gasteiger partial charge in [-0.05, 0) is 6.92 Å². The van der Waals surface area contributed by atoms with Gasteiger partial charge in [0, 0.05) is 11.3 Å². The number of hydrogen-bond acceptors (Lipinski definition) is 0. The van der Waals surface area contributed by atoms with Crippen LogP contribution in [0.4, 0.5) is 0 Å². The summed E-state index contributed by atoms with van der Waals surface area (Å²) in [6.45, 7) is 3.68. The van der Waals surface area contributed by atoms with Crippen LogP contribution in [0, 0.1) is 12.8 Å². The van der Waals surface area contributed by atoms with E-state index < -0.39 is 0 Å². The zero-order chi connectivity index (χ0) is 5.98. The Morgan fingerprint density at radius 3 is 2.12 bits per heavy atom. The first-order chi connectivity index (χ1) is 3.80. The zero-order valence-corrected chi connectivity index (χ0v) is 5.31. The number of allylic oxidation sites excluding steroid dienone is 4. The van der Waals surface area contributed by atoms with Gasteiger partial charge in [0.05, 0.1) is 0 Å². The summed E-state index contributed by atoms with van der Waals surface area (Å²) >= 11 is 5.67. The lowest BCUT2D eigenvalue weighted by atomic mass is 10.1. The molecule has 0 bridgehead atoms. The Morgan fingerprint density at radius 2 is 1.88 bits per heavy atom. The maximum Gasteiger partial charge on any atom is 0.0434 e. The lowest BCUT2D eigenvalue weighted by molar-refractivity contribution is 0.851. The molecule has 0 saturated carbocycles. The normalized spacial score (nSPS) is 22.2. The minimum absolute atomic E-state index is 0.00926. The molecule has 1 aliphatic rings. The van der Waals surface area contributed by atoms with E-state index in [4.69, 9.17) is 11.6 Å². The van der Waals surface area contributed by atoms with E-state index in [0.717, 1.165) is 0 Å². The molecular formula is C7H8Cl. The van der Waals surface area contributed by atoms with E-state index in [1.54, 1.807) is 0 Å². The second-order valence-electron chi connectivity index (χ2n) is 1.86. The average molecular weight is 128 g/mol. The zero-order valence-electron chi connectivity index (χ0n) is 4.55. The van der Waals surface area contributed by atoms with E-state index in [-0.39, 0.29) is 5.38 Å². The first kappa shape index (κ1) is 5.90. The van der Waals surface area contributed by atoms with Crippen molar-refractivity contribution in [3.8, 4) is 0 Å². The third kappa shape index (κ3) is 1.13. The number of halogens is 1. The molecule has 0 aromatic rings. The molecule has 0 nitrogen and oxygen atoms in total. The van der Waals surface area contributed by atoms with E-state index >= 15 is 0 Å². The average Bonchev–Trinajstić information content (AvgIpc) is 2.12. The minimum atomic E-state index is -0.00926. The van der Waals surface area contributed by atoms with E-state index in [1.165, 1.54) is 0 Å². The van der Waals surface area contributed by atoms with Crippen molar-refractivity contribution >= 4 is 11.6 Å². The molecule has 1 radical (unpaired) electrons. The summed E-state index contributed by atoms with van der Waals surface area (Å²) in [5.74, 6) is 0.358. The fourth-order valence-electron chi connectivity index (χ4n) is 0.690. The predicted molar refractivity (Wildman–Crippen MR) is 36.8 cm³/mol. The van der Waals surface area contributed by atoms with Gasteiger partial charge in [-0.3, -0.25) is 0 Å². The van der Waals surface area contributed by atoms with Gasteiger partial charge in [-0.25, -0.2) is 0 Å². The Kier molecular flexibility index (Phi) is 1.74. The van der Waals surface area contributed by atoms with Crippen LogP contribution < -0.4 is 0 Å². The maximum atomic E-state index is 5.67. The fraction of sp³-hybridized carbons (Fsp3) is 0.286. The van der Waals surface area contributed by atoms with Crippen LogP contribution in [0.1, 0.15) is 0 Å². The number of rotatable bonds is 1. The van der Waals surface area contributed by atoms with Crippen molar-refractivity contribution in [3.63, 3.8) is 0 Å². The van der Waals surface area contributed by atoms with Crippen molar-refractivity contribution in [1.29, 1.82) is 0 Å². The third-order valence-corrected chi connectivity index (χ3v) is 1.49. The van der Waals surface area contributed by atoms with Crippen LogP contribution in [0.15, 0.2) is 24.3 Å². The van der Waals surface area contributed by atoms with Gasteiger partial charge in [-0.2, -0.15) is 0 Å². The monoisotopic (exact) mass is 127 g/mol. The molecular weight excluding hydrogens is 120 g/mol. The molecule has 0 spiro atoms. The molecule has 0 fully saturated rings. The lowest BCUT2D eigenvalue weighted by Crippen LogP contribution is -2.02. The Hall–Kier alpha value is -0.230. The first-order valence-corrected chi connectivity index (χ1v) is 3.06. The summed E-state index contributed by atoms with van der Waals surface area (Å²) in [6.07, 6.45) is 8.08. The van der Waals surface area contributed by atoms with Gasteiger partial charge in [0.15, 0.2) is 0 Å². The molecule has 0 aromatic carbocycles. The van der Waals surface area contributed by atoms with E-state index in [1.807, 2.05) is 24.3 Å². The molecule has 0 amide bonds. The van der Waals surface area contributed by atoms with Gasteiger partial charge in [0.1, 0.15) is 0 Å². The van der Waals surface area contributed by atoms with E-state index in [2.05, 4.69) is 6.92 Å². The lowest BCUT2D eigenvalue weighted by Gasteiger charge is -2.04. The largest absolute Gasteiger partial charge is 0.122 e. The van der Waals surface area contributed by atoms with Crippen LogP contribution in [0.2, 0.25) is 0 Å². The Bertz CT molecular complexity index is 110. The molecule has 0 aromatic heterocycles. The summed E-state index contributed by atoms with van der Waals surface area (Å²) in [5, 5.41) is -0.00926. The Labute approximate surface area is 54.8 Å². The summed E-state index contributed by atoms with van der Waals surface area (Å²) in [4.78, 5) is 0. The highest BCUT2D eigenvalue weighted by Crippen LogP contribution is 2.16. The maximum absolute atomic E-state index is 5.67. The van der Waals surface area contributed by atoms with Crippen molar-refractivity contribution in [3.05, 3.63) is 31.2 Å². The third-order valence-electron chi connectivity index (χ3n) is 1.20. The quantitative estimate of drug-likeness (QED) is 0.474. The molecule has 8 heavy (non-hydrogen) atoms. The number of hydrogen-bond donors (Lipinski definition) is 0. The summed E-state index contributed by atoms with van der Waals surface area (Å²) < 4.78 is 0. The standard InChI is InChI=1S/C7H8Cl/c1-6(8)7-4-2-3-5-7/h2-7H,1H2. The SMILES string of the molecule is [CH2]C(Cl)C1C=CC=C1. The van der Waals surface area contributed by atoms with Gasteiger partial charge in [0.25, 0.3) is 0 Å². The highest BCUT2D eigenvalue weighted by atomic mass is 35.5. The van der Waals surface area contributed by atoms with Crippen LogP contribution in [0.5, 0.6) is 0 Å². The molecule has 0 aliphatic heterocycles. The molecule has 1 heteroatoms. The van der Waals surface area contributed by atoms with Gasteiger partial charge in [-0.15, -0.1) is 11.6 Å². The fourth-order valence-corrected chi connectivity index (χ4v) is 0.858. The second kappa shape index (κ2) is 2.36. The molecule has 1 rings (SSSR count). The van der Waals surface area contributed by atoms with Crippen molar-refractivity contribution in [2.75, 3.05) is 0 Å². The van der Waals surface area contributed by atoms with Crippen LogP contribution >= 0.6 is 11.6 Å². The molecule has 0 N–H and O–H groups in total. The van der Waals surface area contributed by atoms with Crippen LogP contribution in [-0.2, 0) is 0 Å². The Balaban J connectivity index is 2.49. The van der Waals surface area contributed by atoms with Crippen LogP contribution in [0.25, 0.3) is 0 Å². The van der Waals surface area contributed by atoms with Gasteiger partial charge < -0.3 is 0 Å². The van der Waals surface area contributed by atoms with Crippen molar-refractivity contribution in [2.45, 2.75) is 5.38 Å². The number of alkyl halides is 1.